The zero-order chi connectivity index (χ0) is 10.1. The van der Waals surface area contributed by atoms with E-state index in [0.717, 1.165) is 17.9 Å². The Labute approximate surface area is 93.4 Å². The summed E-state index contributed by atoms with van der Waals surface area (Å²) in [5.41, 5.74) is 0. The molecule has 1 aliphatic heterocycles. The van der Waals surface area contributed by atoms with Gasteiger partial charge in [0.2, 0.25) is 0 Å². The molecule has 2 nitrogen and oxygen atoms in total. The highest BCUT2D eigenvalue weighted by atomic mass is 15.2. The quantitative estimate of drug-likeness (QED) is 0.745. The zero-order valence-corrected chi connectivity index (χ0v) is 9.75. The average molecular weight is 208 g/mol. The maximum atomic E-state index is 3.46. The third-order valence-electron chi connectivity index (χ3n) is 4.64. The largest absolute Gasteiger partial charge is 0.314 e. The van der Waals surface area contributed by atoms with Crippen molar-refractivity contribution in [2.75, 3.05) is 26.2 Å². The number of rotatable bonds is 2. The molecule has 3 aliphatic rings. The summed E-state index contributed by atoms with van der Waals surface area (Å²) in [6.45, 7) is 5.01. The molecule has 3 fully saturated rings. The van der Waals surface area contributed by atoms with E-state index in [0.29, 0.717) is 0 Å². The molecule has 2 aliphatic carbocycles. The van der Waals surface area contributed by atoms with Gasteiger partial charge in [-0.05, 0) is 37.5 Å². The fourth-order valence-electron chi connectivity index (χ4n) is 3.58. The Morgan fingerprint density at radius 1 is 0.867 bits per heavy atom. The Balaban J connectivity index is 1.55. The average Bonchev–Trinajstić information content (AvgIpc) is 3.14. The topological polar surface area (TPSA) is 15.3 Å². The molecule has 0 aromatic carbocycles. The van der Waals surface area contributed by atoms with Gasteiger partial charge in [0.1, 0.15) is 0 Å². The van der Waals surface area contributed by atoms with Crippen molar-refractivity contribution in [1.29, 1.82) is 0 Å². The third kappa shape index (κ3) is 2.36. The molecule has 1 saturated heterocycles. The van der Waals surface area contributed by atoms with Crippen LogP contribution in [-0.4, -0.2) is 37.1 Å². The SMILES string of the molecule is C1CC(C2CC2)CC(N2CCNCC2)C1. The Morgan fingerprint density at radius 3 is 2.40 bits per heavy atom. The maximum absolute atomic E-state index is 3.46. The van der Waals surface area contributed by atoms with Gasteiger partial charge in [0.15, 0.2) is 0 Å². The van der Waals surface area contributed by atoms with Crippen molar-refractivity contribution < 1.29 is 0 Å². The molecule has 0 aromatic heterocycles. The molecule has 86 valence electrons. The summed E-state index contributed by atoms with van der Waals surface area (Å²) in [5, 5.41) is 3.46. The Morgan fingerprint density at radius 2 is 1.67 bits per heavy atom. The number of hydrogen-bond donors (Lipinski definition) is 1. The predicted octanol–water partition coefficient (Wildman–Crippen LogP) is 1.86. The second kappa shape index (κ2) is 4.42. The first kappa shape index (κ1) is 10.1. The summed E-state index contributed by atoms with van der Waals surface area (Å²) >= 11 is 0. The molecule has 0 bridgehead atoms. The van der Waals surface area contributed by atoms with E-state index in [9.17, 15) is 0 Å². The number of piperazine rings is 1. The second-order valence-electron chi connectivity index (χ2n) is 5.70. The number of nitrogens with zero attached hydrogens (tertiary/aromatic N) is 1. The minimum Gasteiger partial charge on any atom is -0.314 e. The third-order valence-corrected chi connectivity index (χ3v) is 4.64. The summed E-state index contributed by atoms with van der Waals surface area (Å²) in [6, 6.07) is 0.937. The molecule has 2 saturated carbocycles. The maximum Gasteiger partial charge on any atom is 0.0110 e. The molecule has 1 heterocycles. The van der Waals surface area contributed by atoms with E-state index >= 15 is 0 Å². The fourth-order valence-corrected chi connectivity index (χ4v) is 3.58. The van der Waals surface area contributed by atoms with E-state index in [1.165, 1.54) is 51.9 Å². The predicted molar refractivity (Wildman–Crippen MR) is 62.9 cm³/mol. The smallest absolute Gasteiger partial charge is 0.0110 e. The highest BCUT2D eigenvalue weighted by Crippen LogP contribution is 2.44. The monoisotopic (exact) mass is 208 g/mol. The van der Waals surface area contributed by atoms with E-state index in [1.54, 1.807) is 12.8 Å². The van der Waals surface area contributed by atoms with Crippen LogP contribution in [0.1, 0.15) is 38.5 Å². The number of nitrogens with one attached hydrogen (secondary N) is 1. The second-order valence-corrected chi connectivity index (χ2v) is 5.70. The van der Waals surface area contributed by atoms with Crippen LogP contribution in [0.3, 0.4) is 0 Å². The van der Waals surface area contributed by atoms with Gasteiger partial charge in [-0.2, -0.15) is 0 Å². The first-order valence-corrected chi connectivity index (χ1v) is 6.88. The van der Waals surface area contributed by atoms with Crippen molar-refractivity contribution in [3.63, 3.8) is 0 Å². The van der Waals surface area contributed by atoms with Crippen LogP contribution in [0.5, 0.6) is 0 Å². The first-order chi connectivity index (χ1) is 7.43. The van der Waals surface area contributed by atoms with Crippen LogP contribution < -0.4 is 5.32 Å². The van der Waals surface area contributed by atoms with Crippen molar-refractivity contribution in [3.8, 4) is 0 Å². The normalized spacial score (nSPS) is 39.2. The highest BCUT2D eigenvalue weighted by Gasteiger charge is 2.36. The van der Waals surface area contributed by atoms with Gasteiger partial charge in [-0.3, -0.25) is 4.90 Å². The minimum absolute atomic E-state index is 0.937. The lowest BCUT2D eigenvalue weighted by Gasteiger charge is -2.39. The molecule has 0 aromatic rings. The molecular weight excluding hydrogens is 184 g/mol. The minimum atomic E-state index is 0.937. The standard InChI is InChI=1S/C13H24N2/c1-2-12(11-4-5-11)10-13(3-1)15-8-6-14-7-9-15/h11-14H,1-10H2. The van der Waals surface area contributed by atoms with Crippen molar-refractivity contribution in [3.05, 3.63) is 0 Å². The van der Waals surface area contributed by atoms with Gasteiger partial charge in [-0.15, -0.1) is 0 Å². The molecule has 2 atom stereocenters. The van der Waals surface area contributed by atoms with Crippen LogP contribution in [0.4, 0.5) is 0 Å². The molecule has 15 heavy (non-hydrogen) atoms. The molecule has 1 N–H and O–H groups in total. The van der Waals surface area contributed by atoms with Crippen LogP contribution in [0.25, 0.3) is 0 Å². The first-order valence-electron chi connectivity index (χ1n) is 6.88. The van der Waals surface area contributed by atoms with Crippen molar-refractivity contribution in [1.82, 2.24) is 10.2 Å². The molecule has 2 heteroatoms. The summed E-state index contributed by atoms with van der Waals surface area (Å²) in [4.78, 5) is 2.76. The number of hydrogen-bond acceptors (Lipinski definition) is 2. The lowest BCUT2D eigenvalue weighted by molar-refractivity contribution is 0.110. The van der Waals surface area contributed by atoms with Crippen LogP contribution >= 0.6 is 0 Å². The summed E-state index contributed by atoms with van der Waals surface area (Å²) < 4.78 is 0. The lowest BCUT2D eigenvalue weighted by Crippen LogP contribution is -2.49. The highest BCUT2D eigenvalue weighted by molar-refractivity contribution is 4.89. The van der Waals surface area contributed by atoms with E-state index in [-0.39, 0.29) is 0 Å². The molecule has 0 radical (unpaired) electrons. The Kier molecular flexibility index (Phi) is 2.98. The van der Waals surface area contributed by atoms with Gasteiger partial charge in [-0.25, -0.2) is 0 Å². The molecule has 0 spiro atoms. The summed E-state index contributed by atoms with van der Waals surface area (Å²) in [7, 11) is 0. The van der Waals surface area contributed by atoms with Crippen LogP contribution in [-0.2, 0) is 0 Å². The van der Waals surface area contributed by atoms with E-state index in [4.69, 9.17) is 0 Å². The fraction of sp³-hybridized carbons (Fsp3) is 1.00. The van der Waals surface area contributed by atoms with Crippen LogP contribution in [0, 0.1) is 11.8 Å². The van der Waals surface area contributed by atoms with Gasteiger partial charge in [0.25, 0.3) is 0 Å². The van der Waals surface area contributed by atoms with Gasteiger partial charge in [0, 0.05) is 32.2 Å². The van der Waals surface area contributed by atoms with Crippen LogP contribution in [0.15, 0.2) is 0 Å². The Hall–Kier alpha value is -0.0800. The van der Waals surface area contributed by atoms with Gasteiger partial charge >= 0.3 is 0 Å². The van der Waals surface area contributed by atoms with Crippen molar-refractivity contribution in [2.45, 2.75) is 44.6 Å². The van der Waals surface area contributed by atoms with Gasteiger partial charge in [0.05, 0.1) is 0 Å². The van der Waals surface area contributed by atoms with E-state index in [1.807, 2.05) is 0 Å². The molecular formula is C13H24N2. The molecule has 3 rings (SSSR count). The van der Waals surface area contributed by atoms with Crippen molar-refractivity contribution in [2.24, 2.45) is 11.8 Å². The van der Waals surface area contributed by atoms with Crippen LogP contribution in [0.2, 0.25) is 0 Å². The summed E-state index contributed by atoms with van der Waals surface area (Å²) in [6.07, 6.45) is 9.11. The Bertz CT molecular complexity index is 207. The lowest BCUT2D eigenvalue weighted by atomic mass is 9.82. The van der Waals surface area contributed by atoms with E-state index in [2.05, 4.69) is 10.2 Å². The molecule has 2 unspecified atom stereocenters. The van der Waals surface area contributed by atoms with Crippen molar-refractivity contribution >= 4 is 0 Å². The van der Waals surface area contributed by atoms with Gasteiger partial charge < -0.3 is 5.32 Å². The molecule has 0 amide bonds. The zero-order valence-electron chi connectivity index (χ0n) is 9.75. The van der Waals surface area contributed by atoms with Gasteiger partial charge in [-0.1, -0.05) is 12.8 Å². The van der Waals surface area contributed by atoms with E-state index < -0.39 is 0 Å². The summed E-state index contributed by atoms with van der Waals surface area (Å²) in [5.74, 6) is 2.23.